The van der Waals surface area contributed by atoms with Crippen LogP contribution in [0.5, 0.6) is 0 Å². The molecule has 4 aliphatic rings. The molecule has 41 heavy (non-hydrogen) atoms. The summed E-state index contributed by atoms with van der Waals surface area (Å²) in [7, 11) is 1.30. The van der Waals surface area contributed by atoms with Crippen LogP contribution in [0, 0.1) is 0 Å². The number of nitrogens with one attached hydrogen (secondary N) is 1. The minimum atomic E-state index is -0.642. The minimum Gasteiger partial charge on any atom is -0.467 e. The number of nitrogens with zero attached hydrogens (tertiary/aromatic N) is 1. The van der Waals surface area contributed by atoms with E-state index in [2.05, 4.69) is 11.4 Å². The van der Waals surface area contributed by atoms with E-state index in [0.717, 1.165) is 31.3 Å². The van der Waals surface area contributed by atoms with Crippen molar-refractivity contribution in [3.05, 3.63) is 36.0 Å². The second-order valence-corrected chi connectivity index (χ2v) is 11.4. The highest BCUT2D eigenvalue weighted by atomic mass is 16.6. The molecule has 1 unspecified atom stereocenters. The van der Waals surface area contributed by atoms with Crippen molar-refractivity contribution in [2.75, 3.05) is 26.9 Å². The predicted octanol–water partition coefficient (Wildman–Crippen LogP) is 2.57. The molecule has 8 atom stereocenters. The van der Waals surface area contributed by atoms with Crippen molar-refractivity contribution in [1.29, 1.82) is 0 Å². The first-order chi connectivity index (χ1) is 19.6. The summed E-state index contributed by atoms with van der Waals surface area (Å²) in [5.74, 6) is -0.740. The molecule has 0 saturated carbocycles. The highest BCUT2D eigenvalue weighted by Crippen LogP contribution is 2.40. The Kier molecular flexibility index (Phi) is 10.6. The molecule has 0 radical (unpaired) electrons. The highest BCUT2D eigenvalue weighted by Gasteiger charge is 2.55. The van der Waals surface area contributed by atoms with Gasteiger partial charge in [-0.05, 0) is 59.0 Å². The number of ether oxygens (including phenoxy) is 5. The third-order valence-electron chi connectivity index (χ3n) is 8.32. The van der Waals surface area contributed by atoms with Gasteiger partial charge in [0.2, 0.25) is 5.91 Å². The zero-order chi connectivity index (χ0) is 29.6. The Morgan fingerprint density at radius 1 is 1.22 bits per heavy atom. The quantitative estimate of drug-likeness (QED) is 0.184. The van der Waals surface area contributed by atoms with E-state index in [-0.39, 0.29) is 30.3 Å². The summed E-state index contributed by atoms with van der Waals surface area (Å²) in [5, 5.41) is 13.5. The molecule has 4 rings (SSSR count). The van der Waals surface area contributed by atoms with Gasteiger partial charge in [-0.15, -0.1) is 0 Å². The molecular formula is C30H44N2O9. The fourth-order valence-corrected chi connectivity index (χ4v) is 5.62. The van der Waals surface area contributed by atoms with Gasteiger partial charge in [0.25, 0.3) is 0 Å². The molecule has 4 fully saturated rings. The Morgan fingerprint density at radius 2 is 2.00 bits per heavy atom. The number of hydrogen-bond donors (Lipinski definition) is 2. The summed E-state index contributed by atoms with van der Waals surface area (Å²) >= 11 is 0. The molecule has 0 aromatic heterocycles. The van der Waals surface area contributed by atoms with E-state index < -0.39 is 35.9 Å². The summed E-state index contributed by atoms with van der Waals surface area (Å²) in [6.45, 7) is 7.23. The zero-order valence-corrected chi connectivity index (χ0v) is 24.5. The Morgan fingerprint density at radius 3 is 2.71 bits per heavy atom. The molecule has 11 nitrogen and oxygen atoms in total. The maximum absolute atomic E-state index is 12.5. The van der Waals surface area contributed by atoms with Crippen molar-refractivity contribution >= 4 is 18.0 Å². The smallest absolute Gasteiger partial charge is 0.411 e. The average molecular weight is 577 g/mol. The van der Waals surface area contributed by atoms with Crippen LogP contribution in [-0.2, 0) is 33.3 Å². The van der Waals surface area contributed by atoms with Gasteiger partial charge < -0.3 is 34.1 Å². The van der Waals surface area contributed by atoms with E-state index in [4.69, 9.17) is 23.7 Å². The van der Waals surface area contributed by atoms with Gasteiger partial charge in [0.1, 0.15) is 30.0 Å². The van der Waals surface area contributed by atoms with Crippen LogP contribution in [0.25, 0.3) is 0 Å². The fourth-order valence-electron chi connectivity index (χ4n) is 5.62. The van der Waals surface area contributed by atoms with Crippen molar-refractivity contribution in [3.8, 4) is 0 Å². The van der Waals surface area contributed by atoms with Crippen LogP contribution in [0.4, 0.5) is 4.79 Å². The number of aliphatic hydroxyl groups excluding tert-OH is 1. The Balaban J connectivity index is 1.16. The molecule has 2 amide bonds. The maximum Gasteiger partial charge on any atom is 0.411 e. The molecule has 0 aliphatic carbocycles. The molecular weight excluding hydrogens is 532 g/mol. The van der Waals surface area contributed by atoms with Crippen LogP contribution in [0.3, 0.4) is 0 Å². The molecule has 0 bridgehead atoms. The SMILES string of the molecule is COC(=O)[C@H]1CCCN1C(=O)O[C@@H](C)/C=C\C(=O)N[C@@H]1CC[C@H](C/C=C(C)/C=C/C2OCC[C@@]3(CO3)[C@@H]2O)O[C@@H]1C. The van der Waals surface area contributed by atoms with Crippen LogP contribution in [0.1, 0.15) is 59.3 Å². The topological polar surface area (TPSA) is 136 Å². The van der Waals surface area contributed by atoms with Gasteiger partial charge in [-0.1, -0.05) is 23.8 Å². The normalized spacial score (nSPS) is 34.7. The number of epoxide rings is 1. The van der Waals surface area contributed by atoms with E-state index in [1.807, 2.05) is 26.0 Å². The van der Waals surface area contributed by atoms with Crippen molar-refractivity contribution < 1.29 is 43.2 Å². The standard InChI is InChI=1S/C30H44N2O9/c1-19(8-13-25-27(34)30(18-39-30)15-17-38-25)7-10-22-11-12-23(21(3)41-22)31-26(33)14-9-20(2)40-29(36)32-16-5-6-24(32)28(35)37-4/h7-9,13-14,20-25,27,34H,5-6,10-12,15-18H2,1-4H3,(H,31,33)/b13-8+,14-9-,19-7+/t20-,21+,22-,23+,24+,25?,27+,30+/m0/s1. The molecule has 4 heterocycles. The largest absolute Gasteiger partial charge is 0.467 e. The third-order valence-corrected chi connectivity index (χ3v) is 8.32. The summed E-state index contributed by atoms with van der Waals surface area (Å²) < 4.78 is 27.5. The lowest BCUT2D eigenvalue weighted by molar-refractivity contribution is -0.145. The second-order valence-electron chi connectivity index (χ2n) is 11.4. The molecule has 1 spiro atoms. The van der Waals surface area contributed by atoms with Gasteiger partial charge in [-0.25, -0.2) is 9.59 Å². The Bertz CT molecular complexity index is 1040. The van der Waals surface area contributed by atoms with Crippen molar-refractivity contribution in [1.82, 2.24) is 10.2 Å². The van der Waals surface area contributed by atoms with Gasteiger partial charge in [0.15, 0.2) is 0 Å². The summed E-state index contributed by atoms with van der Waals surface area (Å²) in [5.41, 5.74) is 0.656. The van der Waals surface area contributed by atoms with E-state index in [1.165, 1.54) is 24.2 Å². The van der Waals surface area contributed by atoms with E-state index in [0.29, 0.717) is 32.6 Å². The average Bonchev–Trinajstić information content (AvgIpc) is 3.55. The number of rotatable bonds is 9. The molecule has 4 saturated heterocycles. The first-order valence-corrected chi connectivity index (χ1v) is 14.6. The van der Waals surface area contributed by atoms with Crippen LogP contribution < -0.4 is 5.32 Å². The van der Waals surface area contributed by atoms with Crippen LogP contribution in [0.2, 0.25) is 0 Å². The first kappa shape index (κ1) is 31.2. The lowest BCUT2D eigenvalue weighted by atomic mass is 9.92. The van der Waals surface area contributed by atoms with E-state index >= 15 is 0 Å². The zero-order valence-electron chi connectivity index (χ0n) is 24.5. The van der Waals surface area contributed by atoms with Crippen molar-refractivity contribution in [3.63, 3.8) is 0 Å². The van der Waals surface area contributed by atoms with Crippen LogP contribution in [0.15, 0.2) is 36.0 Å². The number of esters is 1. The predicted molar refractivity (Wildman–Crippen MR) is 149 cm³/mol. The number of carbonyl (C=O) groups is 3. The number of hydrogen-bond acceptors (Lipinski definition) is 9. The first-order valence-electron chi connectivity index (χ1n) is 14.6. The van der Waals surface area contributed by atoms with Crippen LogP contribution >= 0.6 is 0 Å². The minimum absolute atomic E-state index is 0.0514. The number of methoxy groups -OCH3 is 1. The number of likely N-dealkylation sites (tertiary alicyclic amines) is 1. The van der Waals surface area contributed by atoms with E-state index in [9.17, 15) is 19.5 Å². The third kappa shape index (κ3) is 8.18. The number of allylic oxidation sites excluding steroid dienone is 2. The highest BCUT2D eigenvalue weighted by molar-refractivity contribution is 5.88. The monoisotopic (exact) mass is 576 g/mol. The van der Waals surface area contributed by atoms with Gasteiger partial charge in [-0.3, -0.25) is 9.69 Å². The molecule has 2 N–H and O–H groups in total. The number of aliphatic hydroxyl groups is 1. The second kappa shape index (κ2) is 14.0. The molecule has 0 aromatic carbocycles. The molecule has 11 heteroatoms. The van der Waals surface area contributed by atoms with Gasteiger partial charge in [-0.2, -0.15) is 0 Å². The molecule has 228 valence electrons. The lowest BCUT2D eigenvalue weighted by Crippen LogP contribution is -2.47. The Hall–Kier alpha value is -2.73. The molecule has 4 aliphatic heterocycles. The Labute approximate surface area is 241 Å². The summed E-state index contributed by atoms with van der Waals surface area (Å²) in [6.07, 6.45) is 10.8. The van der Waals surface area contributed by atoms with Crippen molar-refractivity contribution in [2.24, 2.45) is 0 Å². The lowest BCUT2D eigenvalue weighted by Gasteiger charge is -2.34. The maximum atomic E-state index is 12.5. The number of carbonyl (C=O) groups excluding carboxylic acids is 3. The number of amides is 2. The van der Waals surface area contributed by atoms with Gasteiger partial charge >= 0.3 is 12.1 Å². The fraction of sp³-hybridized carbons (Fsp3) is 0.700. The van der Waals surface area contributed by atoms with Crippen molar-refractivity contribution in [2.45, 2.75) is 108 Å². The van der Waals surface area contributed by atoms with Gasteiger partial charge in [0.05, 0.1) is 38.6 Å². The molecule has 0 aromatic rings. The van der Waals surface area contributed by atoms with E-state index in [1.54, 1.807) is 6.92 Å². The van der Waals surface area contributed by atoms with Gasteiger partial charge in [0, 0.05) is 19.0 Å². The van der Waals surface area contributed by atoms with Crippen LogP contribution in [-0.4, -0.2) is 103 Å². The summed E-state index contributed by atoms with van der Waals surface area (Å²) in [4.78, 5) is 38.3. The summed E-state index contributed by atoms with van der Waals surface area (Å²) in [6, 6.07) is -0.756.